The molecule has 0 fully saturated rings. The van der Waals surface area contributed by atoms with E-state index in [1.807, 2.05) is 24.3 Å². The van der Waals surface area contributed by atoms with Gasteiger partial charge in [0.2, 0.25) is 0 Å². The van der Waals surface area contributed by atoms with Gasteiger partial charge in [0.05, 0.1) is 6.61 Å². The summed E-state index contributed by atoms with van der Waals surface area (Å²) < 4.78 is 5.49. The number of hydrogen-bond donors (Lipinski definition) is 0. The van der Waals surface area contributed by atoms with Crippen molar-refractivity contribution < 1.29 is 9.53 Å². The number of ketones is 1. The lowest BCUT2D eigenvalue weighted by molar-refractivity contribution is -0.117. The molecule has 0 aromatic heterocycles. The van der Waals surface area contributed by atoms with Gasteiger partial charge in [-0.3, -0.25) is 0 Å². The minimum atomic E-state index is 0.242. The number of halogens is 1. The van der Waals surface area contributed by atoms with Gasteiger partial charge in [0, 0.05) is 18.1 Å². The van der Waals surface area contributed by atoms with E-state index in [2.05, 4.69) is 0 Å². The number of benzene rings is 1. The molecule has 1 aromatic carbocycles. The summed E-state index contributed by atoms with van der Waals surface area (Å²) in [6.07, 6.45) is 2.47. The first-order valence-corrected chi connectivity index (χ1v) is 5.88. The van der Waals surface area contributed by atoms with Gasteiger partial charge in [-0.15, -0.1) is 0 Å². The standard InChI is InChI=1S/C13H17ClO2/c1-11(15)6-4-5-9-16-10-12-7-2-3-8-13(12)14/h2-3,7-8H,4-6,9-10H2,1H3. The molecule has 0 spiro atoms. The number of carbonyl (C=O) groups is 1. The van der Waals surface area contributed by atoms with E-state index in [-0.39, 0.29) is 5.78 Å². The van der Waals surface area contributed by atoms with Gasteiger partial charge in [0.15, 0.2) is 0 Å². The Labute approximate surface area is 102 Å². The molecule has 88 valence electrons. The fourth-order valence-electron chi connectivity index (χ4n) is 1.38. The van der Waals surface area contributed by atoms with Gasteiger partial charge in [-0.1, -0.05) is 29.8 Å². The molecule has 0 unspecified atom stereocenters. The van der Waals surface area contributed by atoms with Gasteiger partial charge < -0.3 is 9.53 Å². The van der Waals surface area contributed by atoms with Crippen molar-refractivity contribution in [2.24, 2.45) is 0 Å². The third kappa shape index (κ3) is 5.29. The van der Waals surface area contributed by atoms with Gasteiger partial charge in [-0.05, 0) is 31.4 Å². The first kappa shape index (κ1) is 13.2. The van der Waals surface area contributed by atoms with Crippen molar-refractivity contribution in [2.45, 2.75) is 32.8 Å². The van der Waals surface area contributed by atoms with Crippen LogP contribution in [-0.2, 0) is 16.1 Å². The Kier molecular flexibility index (Phi) is 6.12. The Morgan fingerprint density at radius 2 is 2.06 bits per heavy atom. The minimum absolute atomic E-state index is 0.242. The van der Waals surface area contributed by atoms with Crippen molar-refractivity contribution in [3.8, 4) is 0 Å². The van der Waals surface area contributed by atoms with E-state index in [9.17, 15) is 4.79 Å². The zero-order valence-corrected chi connectivity index (χ0v) is 10.3. The van der Waals surface area contributed by atoms with E-state index in [1.54, 1.807) is 6.92 Å². The number of rotatable bonds is 7. The van der Waals surface area contributed by atoms with E-state index < -0.39 is 0 Å². The number of carbonyl (C=O) groups excluding carboxylic acids is 1. The Morgan fingerprint density at radius 3 is 2.75 bits per heavy atom. The van der Waals surface area contributed by atoms with Gasteiger partial charge in [-0.25, -0.2) is 0 Å². The van der Waals surface area contributed by atoms with Crippen LogP contribution >= 0.6 is 11.6 Å². The van der Waals surface area contributed by atoms with Crippen LogP contribution < -0.4 is 0 Å². The van der Waals surface area contributed by atoms with Crippen molar-refractivity contribution in [1.29, 1.82) is 0 Å². The summed E-state index contributed by atoms with van der Waals surface area (Å²) in [5, 5.41) is 0.742. The zero-order chi connectivity index (χ0) is 11.8. The summed E-state index contributed by atoms with van der Waals surface area (Å²) in [6.45, 7) is 2.84. The van der Waals surface area contributed by atoms with Crippen LogP contribution in [0.15, 0.2) is 24.3 Å². The van der Waals surface area contributed by atoms with Gasteiger partial charge in [0.1, 0.15) is 5.78 Å². The monoisotopic (exact) mass is 240 g/mol. The van der Waals surface area contributed by atoms with Crippen LogP contribution in [0, 0.1) is 0 Å². The lowest BCUT2D eigenvalue weighted by atomic mass is 10.2. The predicted octanol–water partition coefficient (Wildman–Crippen LogP) is 3.62. The van der Waals surface area contributed by atoms with Crippen LogP contribution in [0.2, 0.25) is 5.02 Å². The van der Waals surface area contributed by atoms with Crippen LogP contribution in [0.25, 0.3) is 0 Å². The summed E-state index contributed by atoms with van der Waals surface area (Å²) in [5.41, 5.74) is 1.01. The van der Waals surface area contributed by atoms with Crippen LogP contribution in [0.1, 0.15) is 31.7 Å². The molecule has 0 aliphatic carbocycles. The maximum Gasteiger partial charge on any atom is 0.129 e. The SMILES string of the molecule is CC(=O)CCCCOCc1ccccc1Cl. The molecule has 2 nitrogen and oxygen atoms in total. The highest BCUT2D eigenvalue weighted by Gasteiger charge is 1.99. The van der Waals surface area contributed by atoms with Gasteiger partial charge in [0.25, 0.3) is 0 Å². The van der Waals surface area contributed by atoms with Crippen molar-refractivity contribution >= 4 is 17.4 Å². The minimum Gasteiger partial charge on any atom is -0.377 e. The predicted molar refractivity (Wildman–Crippen MR) is 65.6 cm³/mol. The third-order valence-electron chi connectivity index (χ3n) is 2.28. The average molecular weight is 241 g/mol. The van der Waals surface area contributed by atoms with Crippen LogP contribution in [-0.4, -0.2) is 12.4 Å². The van der Waals surface area contributed by atoms with E-state index in [0.717, 1.165) is 23.4 Å². The maximum atomic E-state index is 10.7. The van der Waals surface area contributed by atoms with E-state index in [4.69, 9.17) is 16.3 Å². The number of unbranched alkanes of at least 4 members (excludes halogenated alkanes) is 1. The second-order valence-electron chi connectivity index (χ2n) is 3.80. The highest BCUT2D eigenvalue weighted by Crippen LogP contribution is 2.15. The second-order valence-corrected chi connectivity index (χ2v) is 4.21. The molecule has 0 aliphatic heterocycles. The molecule has 1 rings (SSSR count). The van der Waals surface area contributed by atoms with Crippen molar-refractivity contribution in [2.75, 3.05) is 6.61 Å². The molecule has 0 saturated heterocycles. The average Bonchev–Trinajstić information content (AvgIpc) is 2.25. The quantitative estimate of drug-likeness (QED) is 0.681. The lowest BCUT2D eigenvalue weighted by Crippen LogP contribution is -1.97. The van der Waals surface area contributed by atoms with Crippen molar-refractivity contribution in [1.82, 2.24) is 0 Å². The second kappa shape index (κ2) is 7.42. The van der Waals surface area contributed by atoms with Gasteiger partial charge in [-0.2, -0.15) is 0 Å². The molecule has 0 saturated carbocycles. The van der Waals surface area contributed by atoms with Gasteiger partial charge >= 0.3 is 0 Å². The smallest absolute Gasteiger partial charge is 0.129 e. The van der Waals surface area contributed by atoms with Crippen molar-refractivity contribution in [3.05, 3.63) is 34.9 Å². The highest BCUT2D eigenvalue weighted by molar-refractivity contribution is 6.31. The first-order chi connectivity index (χ1) is 7.70. The van der Waals surface area contributed by atoms with Crippen LogP contribution in [0.5, 0.6) is 0 Å². The Hall–Kier alpha value is -0.860. The summed E-state index contributed by atoms with van der Waals surface area (Å²) in [6, 6.07) is 7.66. The third-order valence-corrected chi connectivity index (χ3v) is 2.65. The molecule has 0 radical (unpaired) electrons. The van der Waals surface area contributed by atoms with Crippen LogP contribution in [0.4, 0.5) is 0 Å². The fraction of sp³-hybridized carbons (Fsp3) is 0.462. The fourth-order valence-corrected chi connectivity index (χ4v) is 1.57. The molecule has 0 atom stereocenters. The molecule has 16 heavy (non-hydrogen) atoms. The Morgan fingerprint density at radius 1 is 1.31 bits per heavy atom. The molecular weight excluding hydrogens is 224 g/mol. The molecule has 1 aromatic rings. The molecule has 0 aliphatic rings. The summed E-state index contributed by atoms with van der Waals surface area (Å²) >= 11 is 5.98. The Bertz CT molecular complexity index is 336. The molecule has 0 bridgehead atoms. The molecule has 3 heteroatoms. The summed E-state index contributed by atoms with van der Waals surface area (Å²) in [5.74, 6) is 0.242. The van der Waals surface area contributed by atoms with E-state index in [1.165, 1.54) is 0 Å². The highest BCUT2D eigenvalue weighted by atomic mass is 35.5. The maximum absolute atomic E-state index is 10.7. The van der Waals surface area contributed by atoms with E-state index >= 15 is 0 Å². The number of ether oxygens (including phenoxy) is 1. The van der Waals surface area contributed by atoms with Crippen molar-refractivity contribution in [3.63, 3.8) is 0 Å². The summed E-state index contributed by atoms with van der Waals surface area (Å²) in [7, 11) is 0. The molecular formula is C13H17ClO2. The Balaban J connectivity index is 2.12. The zero-order valence-electron chi connectivity index (χ0n) is 9.54. The topological polar surface area (TPSA) is 26.3 Å². The van der Waals surface area contributed by atoms with Crippen LogP contribution in [0.3, 0.4) is 0 Å². The molecule has 0 heterocycles. The normalized spacial score (nSPS) is 10.4. The lowest BCUT2D eigenvalue weighted by Gasteiger charge is -2.05. The number of hydrogen-bond acceptors (Lipinski definition) is 2. The van der Waals surface area contributed by atoms with E-state index in [0.29, 0.717) is 19.6 Å². The molecule has 0 amide bonds. The molecule has 0 N–H and O–H groups in total. The number of Topliss-reactive ketones (excluding diaryl/α,β-unsaturated/α-hetero) is 1. The largest absolute Gasteiger partial charge is 0.377 e. The summed E-state index contributed by atoms with van der Waals surface area (Å²) in [4.78, 5) is 10.7. The first-order valence-electron chi connectivity index (χ1n) is 5.50.